The molecule has 2 fully saturated rings. The lowest BCUT2D eigenvalue weighted by atomic mass is 9.79. The van der Waals surface area contributed by atoms with Crippen molar-refractivity contribution in [3.63, 3.8) is 0 Å². The van der Waals surface area contributed by atoms with E-state index >= 15 is 0 Å². The monoisotopic (exact) mass is 373 g/mol. The molecule has 3 rings (SSSR count). The van der Waals surface area contributed by atoms with Gasteiger partial charge < -0.3 is 15.0 Å². The molecule has 1 aliphatic heterocycles. The van der Waals surface area contributed by atoms with Gasteiger partial charge in [0.25, 0.3) is 5.91 Å². The van der Waals surface area contributed by atoms with Crippen molar-refractivity contribution < 1.29 is 14.3 Å². The first kappa shape index (κ1) is 19.8. The van der Waals surface area contributed by atoms with Crippen molar-refractivity contribution in [1.82, 2.24) is 15.1 Å². The van der Waals surface area contributed by atoms with Crippen LogP contribution in [-0.4, -0.2) is 73.6 Å². The molecule has 0 radical (unpaired) electrons. The summed E-state index contributed by atoms with van der Waals surface area (Å²) in [6, 6.07) is 9.07. The summed E-state index contributed by atoms with van der Waals surface area (Å²) >= 11 is 0. The first-order valence-electron chi connectivity index (χ1n) is 10.0. The fraction of sp³-hybridized carbons (Fsp3) is 0.619. The molecule has 6 nitrogen and oxygen atoms in total. The lowest BCUT2D eigenvalue weighted by Crippen LogP contribution is -2.60. The van der Waals surface area contributed by atoms with Gasteiger partial charge in [-0.25, -0.2) is 0 Å². The van der Waals surface area contributed by atoms with Crippen molar-refractivity contribution in [2.45, 2.75) is 37.6 Å². The number of ether oxygens (including phenoxy) is 1. The Morgan fingerprint density at radius 3 is 2.44 bits per heavy atom. The van der Waals surface area contributed by atoms with E-state index in [1.807, 2.05) is 18.2 Å². The zero-order valence-corrected chi connectivity index (χ0v) is 16.3. The fourth-order valence-electron chi connectivity index (χ4n) is 4.26. The maximum atomic E-state index is 12.5. The van der Waals surface area contributed by atoms with Crippen molar-refractivity contribution in [3.05, 3.63) is 35.9 Å². The van der Waals surface area contributed by atoms with Gasteiger partial charge in [0.15, 0.2) is 0 Å². The molecule has 1 heterocycles. The molecule has 2 aliphatic rings. The van der Waals surface area contributed by atoms with E-state index in [0.29, 0.717) is 12.1 Å². The van der Waals surface area contributed by atoms with Crippen LogP contribution >= 0.6 is 0 Å². The summed E-state index contributed by atoms with van der Waals surface area (Å²) in [6.07, 6.45) is 5.92. The van der Waals surface area contributed by atoms with E-state index in [0.717, 1.165) is 39.1 Å². The van der Waals surface area contributed by atoms with Crippen LogP contribution in [0.2, 0.25) is 0 Å². The largest absolute Gasteiger partial charge is 0.379 e. The summed E-state index contributed by atoms with van der Waals surface area (Å²) in [6.45, 7) is 4.13. The maximum Gasteiger partial charge on any atom is 0.254 e. The van der Waals surface area contributed by atoms with E-state index < -0.39 is 0 Å². The Balaban J connectivity index is 1.55. The summed E-state index contributed by atoms with van der Waals surface area (Å²) in [5.41, 5.74) is 0.643. The Hall–Kier alpha value is -1.92. The van der Waals surface area contributed by atoms with Crippen LogP contribution in [0.25, 0.3) is 0 Å². The summed E-state index contributed by atoms with van der Waals surface area (Å²) in [5.74, 6) is -0.230. The number of morpholine rings is 1. The Morgan fingerprint density at radius 1 is 1.11 bits per heavy atom. The van der Waals surface area contributed by atoms with Crippen LogP contribution in [0, 0.1) is 0 Å². The molecule has 1 N–H and O–H groups in total. The number of carbonyl (C=O) groups is 2. The highest BCUT2D eigenvalue weighted by Gasteiger charge is 2.38. The normalized spacial score (nSPS) is 20.0. The molecule has 0 aromatic heterocycles. The number of hydrogen-bond donors (Lipinski definition) is 1. The highest BCUT2D eigenvalue weighted by molar-refractivity contribution is 5.96. The minimum absolute atomic E-state index is 0.0414. The van der Waals surface area contributed by atoms with E-state index in [1.54, 1.807) is 19.2 Å². The quantitative estimate of drug-likeness (QED) is 0.827. The summed E-state index contributed by atoms with van der Waals surface area (Å²) < 4.78 is 5.51. The topological polar surface area (TPSA) is 61.9 Å². The molecule has 1 saturated heterocycles. The molecule has 1 aliphatic carbocycles. The Labute approximate surface area is 161 Å². The number of hydrogen-bond acceptors (Lipinski definition) is 4. The van der Waals surface area contributed by atoms with E-state index in [-0.39, 0.29) is 23.9 Å². The molecule has 27 heavy (non-hydrogen) atoms. The molecule has 1 aromatic rings. The average Bonchev–Trinajstić information content (AvgIpc) is 2.73. The van der Waals surface area contributed by atoms with Crippen LogP contribution in [0.1, 0.15) is 42.5 Å². The lowest BCUT2D eigenvalue weighted by Gasteiger charge is -2.48. The minimum Gasteiger partial charge on any atom is -0.379 e. The first-order valence-corrected chi connectivity index (χ1v) is 10.0. The van der Waals surface area contributed by atoms with Crippen LogP contribution in [0.4, 0.5) is 0 Å². The van der Waals surface area contributed by atoms with Crippen LogP contribution in [-0.2, 0) is 9.53 Å². The second-order valence-electron chi connectivity index (χ2n) is 7.69. The van der Waals surface area contributed by atoms with Gasteiger partial charge in [0, 0.05) is 37.8 Å². The molecule has 0 atom stereocenters. The smallest absolute Gasteiger partial charge is 0.254 e. The third kappa shape index (κ3) is 5.08. The number of benzene rings is 1. The van der Waals surface area contributed by atoms with E-state index in [1.165, 1.54) is 24.2 Å². The number of nitrogens with zero attached hydrogens (tertiary/aromatic N) is 2. The van der Waals surface area contributed by atoms with Gasteiger partial charge in [0.05, 0.1) is 19.8 Å². The van der Waals surface area contributed by atoms with Crippen molar-refractivity contribution in [3.8, 4) is 0 Å². The number of nitrogens with one attached hydrogen (secondary N) is 1. The third-order valence-electron chi connectivity index (χ3n) is 5.83. The predicted molar refractivity (Wildman–Crippen MR) is 105 cm³/mol. The molecule has 0 unspecified atom stereocenters. The predicted octanol–water partition coefficient (Wildman–Crippen LogP) is 1.91. The van der Waals surface area contributed by atoms with Gasteiger partial charge in [0.2, 0.25) is 5.91 Å². The van der Waals surface area contributed by atoms with E-state index in [9.17, 15) is 9.59 Å². The van der Waals surface area contributed by atoms with Gasteiger partial charge >= 0.3 is 0 Å². The van der Waals surface area contributed by atoms with E-state index in [2.05, 4.69) is 10.2 Å². The molecule has 1 aromatic carbocycles. The standard InChI is InChI=1S/C21H31N3O3/c1-23(20(26)18-8-4-2-5-9-18)16-19(25)22-17-21(10-6-3-7-11-21)24-12-14-27-15-13-24/h2,4-5,8-9H,3,6-7,10-17H2,1H3,(H,22,25). The average molecular weight is 373 g/mol. The van der Waals surface area contributed by atoms with Crippen LogP contribution in [0.3, 0.4) is 0 Å². The van der Waals surface area contributed by atoms with Gasteiger partial charge in [0.1, 0.15) is 0 Å². The number of amides is 2. The second kappa shape index (κ2) is 9.33. The number of carbonyl (C=O) groups excluding carboxylic acids is 2. The molecule has 1 saturated carbocycles. The van der Waals surface area contributed by atoms with Gasteiger partial charge in [-0.3, -0.25) is 14.5 Å². The lowest BCUT2D eigenvalue weighted by molar-refractivity contribution is -0.122. The summed E-state index contributed by atoms with van der Waals surface area (Å²) in [4.78, 5) is 28.9. The Bertz CT molecular complexity index is 623. The van der Waals surface area contributed by atoms with E-state index in [4.69, 9.17) is 4.74 Å². The van der Waals surface area contributed by atoms with Crippen molar-refractivity contribution in [1.29, 1.82) is 0 Å². The number of rotatable bonds is 6. The second-order valence-corrected chi connectivity index (χ2v) is 7.69. The van der Waals surface area contributed by atoms with Crippen LogP contribution < -0.4 is 5.32 Å². The minimum atomic E-state index is -0.133. The number of likely N-dealkylation sites (N-methyl/N-ethyl adjacent to an activating group) is 1. The maximum absolute atomic E-state index is 12.5. The van der Waals surface area contributed by atoms with Gasteiger partial charge in [-0.1, -0.05) is 37.5 Å². The fourth-order valence-corrected chi connectivity index (χ4v) is 4.26. The zero-order chi connectivity index (χ0) is 19.1. The van der Waals surface area contributed by atoms with Crippen molar-refractivity contribution >= 4 is 11.8 Å². The molecular formula is C21H31N3O3. The van der Waals surface area contributed by atoms with Crippen LogP contribution in [0.15, 0.2) is 30.3 Å². The van der Waals surface area contributed by atoms with Gasteiger partial charge in [-0.2, -0.15) is 0 Å². The Morgan fingerprint density at radius 2 is 1.78 bits per heavy atom. The first-order chi connectivity index (χ1) is 13.1. The summed E-state index contributed by atoms with van der Waals surface area (Å²) in [7, 11) is 1.67. The highest BCUT2D eigenvalue weighted by Crippen LogP contribution is 2.33. The molecular weight excluding hydrogens is 342 g/mol. The summed E-state index contributed by atoms with van der Waals surface area (Å²) in [5, 5.41) is 3.11. The third-order valence-corrected chi connectivity index (χ3v) is 5.83. The molecule has 148 valence electrons. The molecule has 0 bridgehead atoms. The zero-order valence-electron chi connectivity index (χ0n) is 16.3. The van der Waals surface area contributed by atoms with Crippen molar-refractivity contribution in [2.75, 3.05) is 46.4 Å². The SMILES string of the molecule is CN(CC(=O)NCC1(N2CCOCC2)CCCCC1)C(=O)c1ccccc1. The van der Waals surface area contributed by atoms with Gasteiger partial charge in [-0.05, 0) is 25.0 Å². The molecule has 0 spiro atoms. The van der Waals surface area contributed by atoms with Crippen molar-refractivity contribution in [2.24, 2.45) is 0 Å². The van der Waals surface area contributed by atoms with Crippen LogP contribution in [0.5, 0.6) is 0 Å². The Kier molecular flexibility index (Phi) is 6.85. The van der Waals surface area contributed by atoms with Gasteiger partial charge in [-0.15, -0.1) is 0 Å². The molecule has 2 amide bonds. The highest BCUT2D eigenvalue weighted by atomic mass is 16.5. The molecule has 6 heteroatoms.